The van der Waals surface area contributed by atoms with E-state index in [-0.39, 0.29) is 24.2 Å². The zero-order valence-electron chi connectivity index (χ0n) is 28.4. The Labute approximate surface area is 262 Å². The minimum Gasteiger partial charge on any atom is -0.444 e. The van der Waals surface area contributed by atoms with Crippen LogP contribution in [0.3, 0.4) is 0 Å². The highest BCUT2D eigenvalue weighted by molar-refractivity contribution is 5.95. The summed E-state index contributed by atoms with van der Waals surface area (Å²) in [6.45, 7) is 21.3. The molecule has 1 aliphatic carbocycles. The number of carbonyl (C=O) groups is 2. The molecule has 2 aromatic heterocycles. The molecule has 0 saturated heterocycles. The van der Waals surface area contributed by atoms with E-state index in [9.17, 15) is 14.7 Å². The summed E-state index contributed by atoms with van der Waals surface area (Å²) >= 11 is 0. The molecular weight excluding hydrogens is 562 g/mol. The SMILES string of the molecule is C[C@H](OCC[C@H](C)NC(=O)OC(C)(C)C)c1cc(N(C(=O)OC(C)(C)C)c2cc([C@H]3CC[C@@H](O)C3)nn2C(C)(C)C)ccn1. The maximum absolute atomic E-state index is 13.9. The molecule has 0 spiro atoms. The van der Waals surface area contributed by atoms with Crippen molar-refractivity contribution >= 4 is 23.7 Å². The maximum atomic E-state index is 13.9. The Bertz CT molecular complexity index is 1270. The number of hydrogen-bond donors (Lipinski definition) is 2. The summed E-state index contributed by atoms with van der Waals surface area (Å²) in [4.78, 5) is 32.0. The predicted molar refractivity (Wildman–Crippen MR) is 170 cm³/mol. The number of alkyl carbamates (subject to hydrolysis) is 1. The van der Waals surface area contributed by atoms with Gasteiger partial charge in [0.15, 0.2) is 0 Å². The number of carbonyl (C=O) groups excluding carboxylic acids is 2. The third-order valence-corrected chi connectivity index (χ3v) is 7.09. The molecule has 4 atom stereocenters. The molecule has 1 fully saturated rings. The van der Waals surface area contributed by atoms with Gasteiger partial charge in [0.2, 0.25) is 0 Å². The standard InChI is InChI=1S/C33H53N5O6/c1-21(35-29(40)43-32(6,7)8)15-17-42-22(2)26-19-24(14-16-34-26)37(30(41)44-33(9,10)11)28-20-27(23-12-13-25(39)18-23)36-38(28)31(3,4)5/h14,16,19-23,25,39H,12-13,15,17-18H2,1-11H3,(H,35,40)/t21-,22-,23-,25+/m0/s1. The van der Waals surface area contributed by atoms with Gasteiger partial charge < -0.3 is 24.6 Å². The number of amides is 2. The van der Waals surface area contributed by atoms with Crippen LogP contribution in [0.4, 0.5) is 21.1 Å². The fourth-order valence-electron chi connectivity index (χ4n) is 4.99. The van der Waals surface area contributed by atoms with Gasteiger partial charge in [0.1, 0.15) is 17.0 Å². The number of aliphatic hydroxyl groups excluding tert-OH is 1. The van der Waals surface area contributed by atoms with Crippen molar-refractivity contribution in [2.45, 2.75) is 143 Å². The highest BCUT2D eigenvalue weighted by atomic mass is 16.6. The highest BCUT2D eigenvalue weighted by Crippen LogP contribution is 2.39. The number of aliphatic hydroxyl groups is 1. The van der Waals surface area contributed by atoms with Gasteiger partial charge in [0.25, 0.3) is 0 Å². The Hall–Kier alpha value is -3.18. The number of rotatable bonds is 9. The Morgan fingerprint density at radius 3 is 2.27 bits per heavy atom. The van der Waals surface area contributed by atoms with E-state index in [4.69, 9.17) is 19.3 Å². The van der Waals surface area contributed by atoms with Crippen molar-refractivity contribution in [3.63, 3.8) is 0 Å². The third-order valence-electron chi connectivity index (χ3n) is 7.09. The van der Waals surface area contributed by atoms with Gasteiger partial charge in [-0.1, -0.05) is 0 Å². The molecule has 2 N–H and O–H groups in total. The second kappa shape index (κ2) is 13.9. The first-order valence-corrected chi connectivity index (χ1v) is 15.6. The number of nitrogens with zero attached hydrogens (tertiary/aromatic N) is 4. The van der Waals surface area contributed by atoms with Gasteiger partial charge in [0.05, 0.1) is 34.8 Å². The number of anilines is 2. The predicted octanol–water partition coefficient (Wildman–Crippen LogP) is 7.12. The van der Waals surface area contributed by atoms with Crippen LogP contribution >= 0.6 is 0 Å². The maximum Gasteiger partial charge on any atom is 0.420 e. The van der Waals surface area contributed by atoms with Crippen LogP contribution in [0.1, 0.15) is 125 Å². The topological polar surface area (TPSA) is 128 Å². The van der Waals surface area contributed by atoms with Crippen LogP contribution in [0.2, 0.25) is 0 Å². The molecule has 2 heterocycles. The fraction of sp³-hybridized carbons (Fsp3) is 0.697. The first-order chi connectivity index (χ1) is 20.2. The number of hydrogen-bond acceptors (Lipinski definition) is 8. The molecule has 0 radical (unpaired) electrons. The molecule has 0 unspecified atom stereocenters. The largest absolute Gasteiger partial charge is 0.444 e. The third kappa shape index (κ3) is 10.2. The lowest BCUT2D eigenvalue weighted by molar-refractivity contribution is 0.0434. The minimum atomic E-state index is -0.726. The molecule has 3 rings (SSSR count). The first-order valence-electron chi connectivity index (χ1n) is 15.6. The van der Waals surface area contributed by atoms with Crippen molar-refractivity contribution in [3.8, 4) is 0 Å². The summed E-state index contributed by atoms with van der Waals surface area (Å²) in [7, 11) is 0. The molecule has 0 aromatic carbocycles. The molecule has 246 valence electrons. The average Bonchev–Trinajstić information content (AvgIpc) is 3.48. The van der Waals surface area contributed by atoms with Crippen LogP contribution in [-0.4, -0.2) is 62.0 Å². The van der Waals surface area contributed by atoms with Gasteiger partial charge >= 0.3 is 12.2 Å². The summed E-state index contributed by atoms with van der Waals surface area (Å²) in [5, 5.41) is 18.0. The number of aromatic nitrogens is 3. The van der Waals surface area contributed by atoms with Gasteiger partial charge in [0, 0.05) is 30.8 Å². The molecule has 1 saturated carbocycles. The Morgan fingerprint density at radius 2 is 1.70 bits per heavy atom. The number of pyridine rings is 1. The first kappa shape index (κ1) is 35.3. The van der Waals surface area contributed by atoms with E-state index in [0.29, 0.717) is 36.6 Å². The second-order valence-corrected chi connectivity index (χ2v) is 14.8. The fourth-order valence-corrected chi connectivity index (χ4v) is 4.99. The molecule has 44 heavy (non-hydrogen) atoms. The lowest BCUT2D eigenvalue weighted by atomic mass is 10.0. The molecule has 0 bridgehead atoms. The molecule has 2 aromatic rings. The zero-order valence-corrected chi connectivity index (χ0v) is 28.4. The van der Waals surface area contributed by atoms with Crippen molar-refractivity contribution < 1.29 is 28.9 Å². The van der Waals surface area contributed by atoms with Crippen LogP contribution in [0.5, 0.6) is 0 Å². The van der Waals surface area contributed by atoms with Crippen LogP contribution in [0.15, 0.2) is 24.4 Å². The molecule has 11 nitrogen and oxygen atoms in total. The van der Waals surface area contributed by atoms with Crippen LogP contribution in [-0.2, 0) is 19.7 Å². The Balaban J connectivity index is 1.87. The second-order valence-electron chi connectivity index (χ2n) is 14.8. The van der Waals surface area contributed by atoms with Gasteiger partial charge in [-0.15, -0.1) is 0 Å². The van der Waals surface area contributed by atoms with Gasteiger partial charge in [-0.3, -0.25) is 4.98 Å². The summed E-state index contributed by atoms with van der Waals surface area (Å²) < 4.78 is 19.2. The molecule has 0 aliphatic heterocycles. The summed E-state index contributed by atoms with van der Waals surface area (Å²) in [5.41, 5.74) is 0.329. The van der Waals surface area contributed by atoms with E-state index < -0.39 is 28.9 Å². The molecule has 1 aliphatic rings. The monoisotopic (exact) mass is 615 g/mol. The van der Waals surface area contributed by atoms with Crippen LogP contribution in [0, 0.1) is 0 Å². The minimum absolute atomic E-state index is 0.112. The van der Waals surface area contributed by atoms with Crippen molar-refractivity contribution in [2.24, 2.45) is 0 Å². The Kier molecular flexibility index (Phi) is 11.1. The molecular formula is C33H53N5O6. The van der Waals surface area contributed by atoms with E-state index in [0.717, 1.165) is 18.5 Å². The van der Waals surface area contributed by atoms with Crippen molar-refractivity contribution in [3.05, 3.63) is 35.8 Å². The van der Waals surface area contributed by atoms with Crippen LogP contribution in [0.25, 0.3) is 0 Å². The van der Waals surface area contributed by atoms with Gasteiger partial charge in [-0.05, 0) is 114 Å². The summed E-state index contributed by atoms with van der Waals surface area (Å²) in [6, 6.07) is 5.39. The quantitative estimate of drug-likeness (QED) is 0.305. The van der Waals surface area contributed by atoms with E-state index in [1.54, 1.807) is 17.2 Å². The lowest BCUT2D eigenvalue weighted by Gasteiger charge is -2.31. The molecule has 2 amide bonds. The van der Waals surface area contributed by atoms with E-state index >= 15 is 0 Å². The van der Waals surface area contributed by atoms with E-state index in [2.05, 4.69) is 10.3 Å². The van der Waals surface area contributed by atoms with E-state index in [1.165, 1.54) is 0 Å². The van der Waals surface area contributed by atoms with Crippen molar-refractivity contribution in [1.82, 2.24) is 20.1 Å². The lowest BCUT2D eigenvalue weighted by Crippen LogP contribution is -2.38. The normalized spacial score (nSPS) is 18.9. The zero-order chi connectivity index (χ0) is 33.0. The number of nitrogens with one attached hydrogen (secondary N) is 1. The summed E-state index contributed by atoms with van der Waals surface area (Å²) in [6.07, 6.45) is 2.74. The summed E-state index contributed by atoms with van der Waals surface area (Å²) in [5.74, 6) is 0.692. The van der Waals surface area contributed by atoms with Crippen molar-refractivity contribution in [2.75, 3.05) is 11.5 Å². The Morgan fingerprint density at radius 1 is 1.05 bits per heavy atom. The van der Waals surface area contributed by atoms with E-state index in [1.807, 2.05) is 93.0 Å². The van der Waals surface area contributed by atoms with Crippen molar-refractivity contribution in [1.29, 1.82) is 0 Å². The smallest absolute Gasteiger partial charge is 0.420 e. The van der Waals surface area contributed by atoms with Crippen LogP contribution < -0.4 is 10.2 Å². The van der Waals surface area contributed by atoms with Gasteiger partial charge in [-0.2, -0.15) is 5.10 Å². The molecule has 11 heteroatoms. The van der Waals surface area contributed by atoms with Gasteiger partial charge in [-0.25, -0.2) is 19.2 Å². The average molecular weight is 616 g/mol. The highest BCUT2D eigenvalue weighted by Gasteiger charge is 2.34. The number of ether oxygens (including phenoxy) is 3.